The van der Waals surface area contributed by atoms with Crippen LogP contribution in [0.15, 0.2) is 5.51 Å². The van der Waals surface area contributed by atoms with Crippen LogP contribution in [0.3, 0.4) is 0 Å². The molecule has 0 aromatic carbocycles. The summed E-state index contributed by atoms with van der Waals surface area (Å²) in [6.45, 7) is 1.45. The highest BCUT2D eigenvalue weighted by molar-refractivity contribution is 7.10. The highest BCUT2D eigenvalue weighted by atomic mass is 32.1. The highest BCUT2D eigenvalue weighted by Gasteiger charge is 2.23. The fourth-order valence-electron chi connectivity index (χ4n) is 1.67. The van der Waals surface area contributed by atoms with Gasteiger partial charge in [-0.05, 0) is 12.8 Å². The lowest BCUT2D eigenvalue weighted by atomic mass is 9.97. The Morgan fingerprint density at radius 2 is 2.29 bits per heavy atom. The maximum atomic E-state index is 10.8. The number of carbonyl (C=O) groups is 1. The molecule has 1 fully saturated rings. The van der Waals surface area contributed by atoms with Gasteiger partial charge in [-0.3, -0.25) is 0 Å². The summed E-state index contributed by atoms with van der Waals surface area (Å²) in [6, 6.07) is 0. The minimum absolute atomic E-state index is 0.224. The number of hydrogen-bond acceptors (Lipinski definition) is 4. The van der Waals surface area contributed by atoms with Crippen LogP contribution < -0.4 is 0 Å². The molecule has 76 valence electrons. The Labute approximate surface area is 85.5 Å². The standard InChI is InChI=1S/C9H11NO3S/c11-9(12)7-8(14-5-10-7)6-1-3-13-4-2-6/h5-6H,1-4H2,(H,11,12). The van der Waals surface area contributed by atoms with Gasteiger partial charge in [0.25, 0.3) is 0 Å². The molecule has 0 aliphatic carbocycles. The quantitative estimate of drug-likeness (QED) is 0.812. The fraction of sp³-hybridized carbons (Fsp3) is 0.556. The summed E-state index contributed by atoms with van der Waals surface area (Å²) in [4.78, 5) is 15.6. The van der Waals surface area contributed by atoms with Crippen LogP contribution in [0.2, 0.25) is 0 Å². The molecule has 0 atom stereocenters. The molecule has 0 unspecified atom stereocenters. The van der Waals surface area contributed by atoms with E-state index in [-0.39, 0.29) is 5.69 Å². The topological polar surface area (TPSA) is 59.4 Å². The van der Waals surface area contributed by atoms with Crippen molar-refractivity contribution in [2.24, 2.45) is 0 Å². The van der Waals surface area contributed by atoms with Gasteiger partial charge in [0.2, 0.25) is 0 Å². The number of ether oxygens (including phenoxy) is 1. The molecule has 0 saturated carbocycles. The van der Waals surface area contributed by atoms with E-state index in [0.717, 1.165) is 30.9 Å². The molecule has 1 aromatic heterocycles. The third-order valence-corrected chi connectivity index (χ3v) is 3.38. The second-order valence-corrected chi connectivity index (χ2v) is 4.14. The molecule has 4 nitrogen and oxygen atoms in total. The smallest absolute Gasteiger partial charge is 0.355 e. The second-order valence-electron chi connectivity index (χ2n) is 3.26. The van der Waals surface area contributed by atoms with Crippen LogP contribution in [-0.4, -0.2) is 29.3 Å². The molecule has 14 heavy (non-hydrogen) atoms. The van der Waals surface area contributed by atoms with Gasteiger partial charge in [-0.25, -0.2) is 9.78 Å². The number of carboxylic acid groups (broad SMARTS) is 1. The normalized spacial score (nSPS) is 18.3. The molecular formula is C9H11NO3S. The third-order valence-electron chi connectivity index (χ3n) is 2.39. The number of thiazole rings is 1. The largest absolute Gasteiger partial charge is 0.476 e. The van der Waals surface area contributed by atoms with Gasteiger partial charge in [-0.15, -0.1) is 11.3 Å². The molecule has 1 aliphatic heterocycles. The summed E-state index contributed by atoms with van der Waals surface area (Å²) < 4.78 is 5.23. The van der Waals surface area contributed by atoms with E-state index in [1.165, 1.54) is 11.3 Å². The number of carboxylic acids is 1. The van der Waals surface area contributed by atoms with Gasteiger partial charge >= 0.3 is 5.97 Å². The zero-order valence-electron chi connectivity index (χ0n) is 7.60. The van der Waals surface area contributed by atoms with Crippen molar-refractivity contribution in [3.05, 3.63) is 16.1 Å². The second kappa shape index (κ2) is 4.06. The average molecular weight is 213 g/mol. The molecule has 5 heteroatoms. The van der Waals surface area contributed by atoms with Gasteiger partial charge in [-0.1, -0.05) is 0 Å². The van der Waals surface area contributed by atoms with E-state index >= 15 is 0 Å². The zero-order valence-corrected chi connectivity index (χ0v) is 8.42. The zero-order chi connectivity index (χ0) is 9.97. The van der Waals surface area contributed by atoms with Crippen molar-refractivity contribution in [1.29, 1.82) is 0 Å². The van der Waals surface area contributed by atoms with Crippen molar-refractivity contribution in [3.63, 3.8) is 0 Å². The number of hydrogen-bond donors (Lipinski definition) is 1. The first kappa shape index (κ1) is 9.61. The maximum Gasteiger partial charge on any atom is 0.355 e. The number of aromatic nitrogens is 1. The van der Waals surface area contributed by atoms with Gasteiger partial charge in [0, 0.05) is 24.0 Å². The summed E-state index contributed by atoms with van der Waals surface area (Å²) in [5, 5.41) is 8.90. The molecule has 1 N–H and O–H groups in total. The third kappa shape index (κ3) is 1.78. The van der Waals surface area contributed by atoms with Crippen molar-refractivity contribution < 1.29 is 14.6 Å². The lowest BCUT2D eigenvalue weighted by Crippen LogP contribution is -2.15. The minimum Gasteiger partial charge on any atom is -0.476 e. The van der Waals surface area contributed by atoms with Crippen LogP contribution in [0.4, 0.5) is 0 Å². The molecular weight excluding hydrogens is 202 g/mol. The van der Waals surface area contributed by atoms with Crippen LogP contribution in [0.5, 0.6) is 0 Å². The van der Waals surface area contributed by atoms with E-state index in [1.54, 1.807) is 5.51 Å². The van der Waals surface area contributed by atoms with Crippen LogP contribution in [0, 0.1) is 0 Å². The Morgan fingerprint density at radius 1 is 1.57 bits per heavy atom. The van der Waals surface area contributed by atoms with Gasteiger partial charge in [0.15, 0.2) is 5.69 Å². The molecule has 0 radical (unpaired) electrons. The molecule has 1 aromatic rings. The average Bonchev–Trinajstić information content (AvgIpc) is 2.67. The Balaban J connectivity index is 2.21. The molecule has 1 aliphatic rings. The SMILES string of the molecule is O=C(O)c1ncsc1C1CCOCC1. The van der Waals surface area contributed by atoms with Crippen molar-refractivity contribution in [2.45, 2.75) is 18.8 Å². The number of nitrogens with zero attached hydrogens (tertiary/aromatic N) is 1. The minimum atomic E-state index is -0.923. The van der Waals surface area contributed by atoms with Gasteiger partial charge in [0.05, 0.1) is 5.51 Å². The molecule has 2 rings (SSSR count). The fourth-order valence-corrected chi connectivity index (χ4v) is 2.62. The van der Waals surface area contributed by atoms with E-state index in [4.69, 9.17) is 9.84 Å². The summed E-state index contributed by atoms with van der Waals surface area (Å²) in [6.07, 6.45) is 1.81. The Bertz CT molecular complexity index is 331. The van der Waals surface area contributed by atoms with Gasteiger partial charge in [-0.2, -0.15) is 0 Å². The van der Waals surface area contributed by atoms with E-state index in [1.807, 2.05) is 0 Å². The molecule has 0 amide bonds. The molecule has 2 heterocycles. The van der Waals surface area contributed by atoms with E-state index in [0.29, 0.717) is 5.92 Å². The van der Waals surface area contributed by atoms with Crippen molar-refractivity contribution >= 4 is 17.3 Å². The van der Waals surface area contributed by atoms with Crippen molar-refractivity contribution in [1.82, 2.24) is 4.98 Å². The van der Waals surface area contributed by atoms with Crippen LogP contribution in [0.25, 0.3) is 0 Å². The molecule has 0 bridgehead atoms. The first-order chi connectivity index (χ1) is 6.79. The Kier molecular flexibility index (Phi) is 2.79. The predicted molar refractivity (Wildman–Crippen MR) is 51.9 cm³/mol. The lowest BCUT2D eigenvalue weighted by molar-refractivity contribution is 0.0680. The van der Waals surface area contributed by atoms with E-state index in [9.17, 15) is 4.79 Å². The highest BCUT2D eigenvalue weighted by Crippen LogP contribution is 2.31. The van der Waals surface area contributed by atoms with Crippen LogP contribution in [0.1, 0.15) is 34.1 Å². The molecule has 1 saturated heterocycles. The van der Waals surface area contributed by atoms with Gasteiger partial charge in [0.1, 0.15) is 0 Å². The predicted octanol–water partition coefficient (Wildman–Crippen LogP) is 1.74. The Hall–Kier alpha value is -0.940. The summed E-state index contributed by atoms with van der Waals surface area (Å²) in [7, 11) is 0. The maximum absolute atomic E-state index is 10.8. The van der Waals surface area contributed by atoms with E-state index in [2.05, 4.69) is 4.98 Å². The van der Waals surface area contributed by atoms with E-state index < -0.39 is 5.97 Å². The number of rotatable bonds is 2. The lowest BCUT2D eigenvalue weighted by Gasteiger charge is -2.20. The van der Waals surface area contributed by atoms with Gasteiger partial charge < -0.3 is 9.84 Å². The monoisotopic (exact) mass is 213 g/mol. The van der Waals surface area contributed by atoms with Crippen molar-refractivity contribution in [3.8, 4) is 0 Å². The first-order valence-corrected chi connectivity index (χ1v) is 5.41. The first-order valence-electron chi connectivity index (χ1n) is 4.53. The molecule has 0 spiro atoms. The summed E-state index contributed by atoms with van der Waals surface area (Å²) >= 11 is 1.44. The number of aromatic carboxylic acids is 1. The summed E-state index contributed by atoms with van der Waals surface area (Å²) in [5.41, 5.74) is 1.83. The summed E-state index contributed by atoms with van der Waals surface area (Å²) in [5.74, 6) is -0.602. The van der Waals surface area contributed by atoms with Crippen LogP contribution >= 0.6 is 11.3 Å². The van der Waals surface area contributed by atoms with Crippen LogP contribution in [-0.2, 0) is 4.74 Å². The Morgan fingerprint density at radius 3 is 2.93 bits per heavy atom. The van der Waals surface area contributed by atoms with Crippen molar-refractivity contribution in [2.75, 3.05) is 13.2 Å².